The molecular weight excluding hydrogens is 422 g/mol. The van der Waals surface area contributed by atoms with Crippen molar-refractivity contribution in [3.63, 3.8) is 0 Å². The number of benzene rings is 3. The van der Waals surface area contributed by atoms with Crippen LogP contribution in [0.1, 0.15) is 29.8 Å². The molecule has 3 rings (SSSR count). The van der Waals surface area contributed by atoms with E-state index >= 15 is 0 Å². The van der Waals surface area contributed by atoms with Crippen molar-refractivity contribution in [2.75, 3.05) is 16.0 Å². The van der Waals surface area contributed by atoms with E-state index in [1.54, 1.807) is 30.3 Å². The molecule has 0 saturated carbocycles. The summed E-state index contributed by atoms with van der Waals surface area (Å²) in [4.78, 5) is 37.0. The molecule has 3 aromatic carbocycles. The molecule has 3 N–H and O–H groups in total. The lowest BCUT2D eigenvalue weighted by molar-refractivity contribution is -0.115. The maximum atomic E-state index is 12.5. The van der Waals surface area contributed by atoms with E-state index < -0.39 is 0 Å². The highest BCUT2D eigenvalue weighted by Gasteiger charge is 2.15. The molecule has 32 heavy (non-hydrogen) atoms. The van der Waals surface area contributed by atoms with Gasteiger partial charge in [0.05, 0.1) is 5.25 Å². The van der Waals surface area contributed by atoms with Gasteiger partial charge in [0.1, 0.15) is 0 Å². The van der Waals surface area contributed by atoms with Gasteiger partial charge >= 0.3 is 0 Å². The van der Waals surface area contributed by atoms with E-state index in [1.807, 2.05) is 56.3 Å². The Morgan fingerprint density at radius 2 is 1.28 bits per heavy atom. The first-order valence-corrected chi connectivity index (χ1v) is 11.0. The van der Waals surface area contributed by atoms with Crippen molar-refractivity contribution in [2.45, 2.75) is 30.9 Å². The summed E-state index contributed by atoms with van der Waals surface area (Å²) < 4.78 is 0. The van der Waals surface area contributed by atoms with Gasteiger partial charge in [-0.2, -0.15) is 0 Å². The first-order valence-electron chi connectivity index (χ1n) is 10.1. The van der Waals surface area contributed by atoms with Crippen LogP contribution in [-0.4, -0.2) is 23.0 Å². The third kappa shape index (κ3) is 6.46. The lowest BCUT2D eigenvalue weighted by Gasteiger charge is -2.13. The van der Waals surface area contributed by atoms with Gasteiger partial charge in [0.15, 0.2) is 0 Å². The summed E-state index contributed by atoms with van der Waals surface area (Å²) >= 11 is 1.43. The van der Waals surface area contributed by atoms with Crippen LogP contribution < -0.4 is 16.0 Å². The number of carbonyl (C=O) groups excluding carboxylic acids is 3. The van der Waals surface area contributed by atoms with Gasteiger partial charge < -0.3 is 16.0 Å². The molecule has 0 heterocycles. The predicted octanol–water partition coefficient (Wildman–Crippen LogP) is 5.33. The van der Waals surface area contributed by atoms with Crippen LogP contribution in [0.25, 0.3) is 0 Å². The fraction of sp³-hybridized carbons (Fsp3) is 0.160. The van der Waals surface area contributed by atoms with Crippen LogP contribution in [0.4, 0.5) is 17.1 Å². The molecule has 0 aromatic heterocycles. The largest absolute Gasteiger partial charge is 0.326 e. The Labute approximate surface area is 191 Å². The molecule has 3 amide bonds. The molecule has 3 aromatic rings. The molecule has 1 atom stereocenters. The Morgan fingerprint density at radius 1 is 0.750 bits per heavy atom. The van der Waals surface area contributed by atoms with Crippen molar-refractivity contribution < 1.29 is 14.4 Å². The van der Waals surface area contributed by atoms with E-state index in [0.29, 0.717) is 22.6 Å². The Hall–Kier alpha value is -3.58. The van der Waals surface area contributed by atoms with Gasteiger partial charge in [-0.1, -0.05) is 18.2 Å². The van der Waals surface area contributed by atoms with Gasteiger partial charge in [-0.3, -0.25) is 14.4 Å². The second-order valence-electron chi connectivity index (χ2n) is 7.30. The van der Waals surface area contributed by atoms with Crippen LogP contribution in [0.15, 0.2) is 77.7 Å². The Bertz CT molecular complexity index is 1110. The Morgan fingerprint density at radius 3 is 1.88 bits per heavy atom. The fourth-order valence-electron chi connectivity index (χ4n) is 2.98. The lowest BCUT2D eigenvalue weighted by Crippen LogP contribution is -2.22. The highest BCUT2D eigenvalue weighted by Crippen LogP contribution is 2.26. The predicted molar refractivity (Wildman–Crippen MR) is 130 cm³/mol. The fourth-order valence-corrected chi connectivity index (χ4v) is 3.85. The summed E-state index contributed by atoms with van der Waals surface area (Å²) in [5.74, 6) is -0.424. The smallest absolute Gasteiger partial charge is 0.255 e. The normalized spacial score (nSPS) is 11.3. The first-order chi connectivity index (χ1) is 15.3. The number of hydrogen-bond donors (Lipinski definition) is 3. The molecule has 0 radical (unpaired) electrons. The van der Waals surface area contributed by atoms with Crippen LogP contribution >= 0.6 is 11.8 Å². The molecule has 0 saturated heterocycles. The number of rotatable bonds is 7. The second kappa shape index (κ2) is 10.6. The molecule has 0 aliphatic heterocycles. The summed E-state index contributed by atoms with van der Waals surface area (Å²) in [5, 5.41) is 8.14. The molecule has 164 valence electrons. The number of anilines is 3. The molecule has 7 heteroatoms. The van der Waals surface area contributed by atoms with Crippen molar-refractivity contribution in [3.05, 3.63) is 83.9 Å². The molecule has 6 nitrogen and oxygen atoms in total. The van der Waals surface area contributed by atoms with Gasteiger partial charge in [-0.05, 0) is 74.0 Å². The van der Waals surface area contributed by atoms with E-state index in [-0.39, 0.29) is 23.0 Å². The zero-order valence-electron chi connectivity index (χ0n) is 18.1. The number of amides is 3. The van der Waals surface area contributed by atoms with Crippen molar-refractivity contribution >= 4 is 46.5 Å². The van der Waals surface area contributed by atoms with E-state index in [1.165, 1.54) is 18.7 Å². The number of nitrogens with one attached hydrogen (secondary N) is 3. The maximum absolute atomic E-state index is 12.5. The van der Waals surface area contributed by atoms with Crippen LogP contribution in [0, 0.1) is 6.92 Å². The zero-order valence-corrected chi connectivity index (χ0v) is 19.0. The van der Waals surface area contributed by atoms with E-state index in [4.69, 9.17) is 0 Å². The van der Waals surface area contributed by atoms with Crippen LogP contribution in [0.3, 0.4) is 0 Å². The van der Waals surface area contributed by atoms with Gasteiger partial charge in [0.2, 0.25) is 11.8 Å². The van der Waals surface area contributed by atoms with Crippen molar-refractivity contribution in [3.8, 4) is 0 Å². The summed E-state index contributed by atoms with van der Waals surface area (Å²) in [6.45, 7) is 5.18. The molecular formula is C25H25N3O3S. The highest BCUT2D eigenvalue weighted by atomic mass is 32.2. The molecule has 0 spiro atoms. The second-order valence-corrected chi connectivity index (χ2v) is 8.72. The van der Waals surface area contributed by atoms with E-state index in [9.17, 15) is 14.4 Å². The lowest BCUT2D eigenvalue weighted by atomic mass is 10.1. The molecule has 1 unspecified atom stereocenters. The Balaban J connectivity index is 1.54. The van der Waals surface area contributed by atoms with Crippen LogP contribution in [0.2, 0.25) is 0 Å². The van der Waals surface area contributed by atoms with Crippen molar-refractivity contribution in [1.29, 1.82) is 0 Å². The van der Waals surface area contributed by atoms with Gasteiger partial charge in [0, 0.05) is 34.4 Å². The summed E-state index contributed by atoms with van der Waals surface area (Å²) in [7, 11) is 0. The minimum Gasteiger partial charge on any atom is -0.326 e. The van der Waals surface area contributed by atoms with Gasteiger partial charge in [-0.25, -0.2) is 0 Å². The average Bonchev–Trinajstić information content (AvgIpc) is 2.76. The first kappa shape index (κ1) is 23.1. The van der Waals surface area contributed by atoms with Crippen LogP contribution in [-0.2, 0) is 9.59 Å². The quantitative estimate of drug-likeness (QED) is 0.428. The SMILES string of the molecule is CC(=O)Nc1ccc(NC(=O)C(C)Sc2ccc(NC(=O)c3ccccc3C)cc2)cc1. The van der Waals surface area contributed by atoms with E-state index in [2.05, 4.69) is 16.0 Å². The van der Waals surface area contributed by atoms with Crippen molar-refractivity contribution in [1.82, 2.24) is 0 Å². The average molecular weight is 448 g/mol. The van der Waals surface area contributed by atoms with E-state index in [0.717, 1.165) is 10.5 Å². The molecule has 0 aliphatic carbocycles. The molecule has 0 bridgehead atoms. The van der Waals surface area contributed by atoms with Gasteiger partial charge in [0.25, 0.3) is 5.91 Å². The van der Waals surface area contributed by atoms with Gasteiger partial charge in [-0.15, -0.1) is 11.8 Å². The topological polar surface area (TPSA) is 87.3 Å². The number of thioether (sulfide) groups is 1. The zero-order chi connectivity index (χ0) is 23.1. The standard InChI is InChI=1S/C25H25N3O3S/c1-16-6-4-5-7-23(16)25(31)28-21-12-14-22(15-13-21)32-17(2)24(30)27-20-10-8-19(9-11-20)26-18(3)29/h4-15,17H,1-3H3,(H,26,29)(H,27,30)(H,28,31). The van der Waals surface area contributed by atoms with Crippen molar-refractivity contribution in [2.24, 2.45) is 0 Å². The number of carbonyl (C=O) groups is 3. The molecule has 0 aliphatic rings. The number of aryl methyl sites for hydroxylation is 1. The minimum atomic E-state index is -0.322. The monoisotopic (exact) mass is 447 g/mol. The summed E-state index contributed by atoms with van der Waals surface area (Å²) in [6, 6.07) is 21.8. The summed E-state index contributed by atoms with van der Waals surface area (Å²) in [6.07, 6.45) is 0. The number of hydrogen-bond acceptors (Lipinski definition) is 4. The summed E-state index contributed by atoms with van der Waals surface area (Å²) in [5.41, 5.74) is 3.58. The highest BCUT2D eigenvalue weighted by molar-refractivity contribution is 8.00. The minimum absolute atomic E-state index is 0.126. The third-order valence-electron chi connectivity index (χ3n) is 4.66. The van der Waals surface area contributed by atoms with Crippen LogP contribution in [0.5, 0.6) is 0 Å². The molecule has 0 fully saturated rings. The maximum Gasteiger partial charge on any atom is 0.255 e. The Kier molecular flexibility index (Phi) is 7.68. The third-order valence-corrected chi connectivity index (χ3v) is 5.77.